The first kappa shape index (κ1) is 95.1. The Kier molecular flexibility index (Phi) is 38.6. The average Bonchev–Trinajstić information content (AvgIpc) is 1.54. The maximum absolute atomic E-state index is 12.3. The first-order chi connectivity index (χ1) is 50.7. The van der Waals surface area contributed by atoms with Crippen molar-refractivity contribution in [1.29, 1.82) is 0 Å². The van der Waals surface area contributed by atoms with E-state index in [1.54, 1.807) is 0 Å². The number of hydrogen-bond acceptors (Lipinski definition) is 15. The standard InChI is InChI=1S/3C27H46NO4S.3O.6W/c3*1-18(8-11-24(30)28-15-16-33(4,31)32)20-9-10-21-25-22(12-14-27(20,21)3)26(2)13-6-5-7-19(26)17-23(25)29;;;;;;;;;/h3*5,18-23,25,29H,6-17H2,1-4H3,(H,28,30);;;;;;;;;/q3*-1;;;;;;;;;/t3*18?,19-,20?,21?,22-,23+,25-,26-,27+;;;;;;;;;/m000........./s1/i23D,25D;25D;23D;;;;;;;;;. The van der Waals surface area contributed by atoms with Crippen LogP contribution >= 0.6 is 0 Å². The molecule has 12 saturated carbocycles. The number of aliphatic hydroxyl groups is 3. The fraction of sp³-hybridized carbons (Fsp3) is 0.926. The molecular formula is C81H138N3O15S3W6-3. The van der Waals surface area contributed by atoms with Gasteiger partial charge in [0, 0.05) is 124 Å². The van der Waals surface area contributed by atoms with Crippen LogP contribution in [0.25, 0.3) is 0 Å². The van der Waals surface area contributed by atoms with Gasteiger partial charge < -0.3 is 50.5 Å². The number of amides is 3. The van der Waals surface area contributed by atoms with Gasteiger partial charge in [-0.25, -0.2) is 25.3 Å². The molecule has 12 aliphatic rings. The van der Waals surface area contributed by atoms with E-state index in [0.29, 0.717) is 157 Å². The molecule has 0 radical (unpaired) electrons. The predicted molar refractivity (Wildman–Crippen MR) is 398 cm³/mol. The molecule has 12 fully saturated rings. The summed E-state index contributed by atoms with van der Waals surface area (Å²) in [6, 6.07) is 0. The Balaban J connectivity index is 0.000000338. The first-order valence-corrected chi connectivity index (χ1v) is 49.9. The molecule has 18 nitrogen and oxygen atoms in total. The molecular weight excluding hydrogens is 2450 g/mol. The van der Waals surface area contributed by atoms with Crippen molar-refractivity contribution < 1.29 is 193 Å². The number of sulfone groups is 3. The summed E-state index contributed by atoms with van der Waals surface area (Å²) in [5.41, 5.74) is 0.497. The molecule has 0 heterocycles. The van der Waals surface area contributed by atoms with E-state index in [0.717, 1.165) is 148 Å². The second-order valence-corrected chi connectivity index (χ2v) is 43.8. The third-order valence-corrected chi connectivity index (χ3v) is 34.2. The van der Waals surface area contributed by atoms with Gasteiger partial charge in [-0.3, -0.25) is 14.4 Å². The van der Waals surface area contributed by atoms with E-state index in [9.17, 15) is 57.7 Å². The van der Waals surface area contributed by atoms with Crippen molar-refractivity contribution in [1.82, 2.24) is 16.0 Å². The second-order valence-electron chi connectivity index (χ2n) is 37.0. The summed E-state index contributed by atoms with van der Waals surface area (Å²) in [6.07, 6.45) is 34.8. The topological polar surface area (TPSA) is 302 Å². The van der Waals surface area contributed by atoms with E-state index in [1.807, 2.05) is 0 Å². The van der Waals surface area contributed by atoms with Gasteiger partial charge in [0.1, 0.15) is 29.5 Å². The maximum Gasteiger partial charge on any atom is 0 e. The summed E-state index contributed by atoms with van der Waals surface area (Å²) in [7, 11) is -9.23. The second kappa shape index (κ2) is 43.8. The van der Waals surface area contributed by atoms with Crippen molar-refractivity contribution in [2.45, 2.75) is 273 Å². The molecule has 12 rings (SSSR count). The Morgan fingerprint density at radius 1 is 0.417 bits per heavy atom. The molecule has 27 atom stereocenters. The number of rotatable bonds is 21. The van der Waals surface area contributed by atoms with E-state index in [-0.39, 0.29) is 180 Å². The van der Waals surface area contributed by atoms with Gasteiger partial charge in [-0.15, -0.1) is 0 Å². The van der Waals surface area contributed by atoms with E-state index in [4.69, 9.17) is 12.9 Å². The van der Waals surface area contributed by atoms with Crippen molar-refractivity contribution in [3.63, 3.8) is 0 Å². The van der Waals surface area contributed by atoms with E-state index < -0.39 is 59.6 Å². The summed E-state index contributed by atoms with van der Waals surface area (Å²) in [5, 5.41) is 42.7. The van der Waals surface area contributed by atoms with Gasteiger partial charge in [0.15, 0.2) is 0 Å². The number of fused-ring (bicyclic) bond motifs is 15. The van der Waals surface area contributed by atoms with Crippen LogP contribution in [-0.2, 0) is 177 Å². The van der Waals surface area contributed by atoms with Crippen LogP contribution in [0.3, 0.4) is 0 Å². The molecule has 0 spiro atoms. The van der Waals surface area contributed by atoms with Crippen LogP contribution in [0.1, 0.15) is 260 Å². The van der Waals surface area contributed by atoms with Crippen LogP contribution < -0.4 is 16.0 Å². The van der Waals surface area contributed by atoms with Gasteiger partial charge in [0.05, 0.1) is 38.3 Å². The molecule has 3 amide bonds. The summed E-state index contributed by atoms with van der Waals surface area (Å²) in [4.78, 5) is 36.9. The SMILES string of the molecule is [2H][C@@]1(O)C[C@@H]2C[CH-]CC[C@]2(C)[C@H]2CC[C@]3(C)C(C(C)CCC(=O)NCCS(C)(=O)=O)CCC3[C@@H]21.[2H][C@]12C3CCC(C(C)CCC(=O)NCCS(C)(=O)=O)[C@@]3(C)CC[C@@H]1[C@@]1(C)CC[CH-]C[C@H]1C[C@@]2([2H])O.[2H][C@]12C3CCC(C(C)CCC(=O)NCCS(C)(=O)=O)[C@@]3(C)CC[C@@H]1[C@@]1(C)CC[CH-]C[C@H]1C[C@H]2O.[O]=[W].[O]=[W].[O]=[W].[W].[W].[W]. The Morgan fingerprint density at radius 2 is 0.694 bits per heavy atom. The number of aliphatic hydroxyl groups excluding tert-OH is 1. The zero-order chi connectivity index (χ0) is 81.7. The van der Waals surface area contributed by atoms with E-state index >= 15 is 0 Å². The van der Waals surface area contributed by atoms with Gasteiger partial charge in [0.2, 0.25) is 17.7 Å². The minimum absolute atomic E-state index is 0. The molecule has 9 unspecified atom stereocenters. The average molecular weight is 2600 g/mol. The third-order valence-electron chi connectivity index (χ3n) is 31.3. The molecule has 6 N–H and O–H groups in total. The summed E-state index contributed by atoms with van der Waals surface area (Å²) < 4.78 is 131. The van der Waals surface area contributed by atoms with Crippen LogP contribution in [0.2, 0.25) is 0 Å². The van der Waals surface area contributed by atoms with Crippen molar-refractivity contribution in [3.05, 3.63) is 19.3 Å². The molecule has 0 bridgehead atoms. The zero-order valence-electron chi connectivity index (χ0n) is 70.9. The fourth-order valence-electron chi connectivity index (χ4n) is 25.7. The number of carbonyl (C=O) groups is 3. The van der Waals surface area contributed by atoms with Crippen LogP contribution in [0.4, 0.5) is 0 Å². The Morgan fingerprint density at radius 3 is 1.06 bits per heavy atom. The van der Waals surface area contributed by atoms with Crippen molar-refractivity contribution in [3.8, 4) is 0 Å². The van der Waals surface area contributed by atoms with Crippen LogP contribution in [0.5, 0.6) is 0 Å². The van der Waals surface area contributed by atoms with Crippen LogP contribution in [0, 0.1) is 158 Å². The van der Waals surface area contributed by atoms with Gasteiger partial charge >= 0.3 is 69.5 Å². The zero-order valence-corrected chi connectivity index (χ0v) is 87.0. The fourth-order valence-corrected chi connectivity index (χ4v) is 27.1. The predicted octanol–water partition coefficient (Wildman–Crippen LogP) is 12.8. The number of carbonyl (C=O) groups excluding carboxylic acids is 3. The van der Waals surface area contributed by atoms with Gasteiger partial charge in [0.25, 0.3) is 0 Å². The van der Waals surface area contributed by atoms with Crippen LogP contribution in [0.15, 0.2) is 0 Å². The van der Waals surface area contributed by atoms with Gasteiger partial charge in [-0.2, -0.15) is 38.5 Å². The maximum atomic E-state index is 12.3. The summed E-state index contributed by atoms with van der Waals surface area (Å²) in [6.45, 7) is 21.5. The van der Waals surface area contributed by atoms with E-state index in [2.05, 4.69) is 97.5 Å². The number of nitrogens with one attached hydrogen (secondary N) is 3. The molecule has 108 heavy (non-hydrogen) atoms. The van der Waals surface area contributed by atoms with Crippen molar-refractivity contribution in [2.24, 2.45) is 139 Å². The van der Waals surface area contributed by atoms with Crippen LogP contribution in [-0.4, -0.2) is 132 Å². The van der Waals surface area contributed by atoms with Gasteiger partial charge in [-0.1, -0.05) is 99.3 Å². The Hall–Kier alpha value is 1.67. The van der Waals surface area contributed by atoms with Gasteiger partial charge in [-0.05, 0) is 237 Å². The Bertz CT molecular complexity index is 3460. The van der Waals surface area contributed by atoms with Crippen molar-refractivity contribution in [2.75, 3.05) is 55.7 Å². The summed E-state index contributed by atoms with van der Waals surface area (Å²) in [5.74, 6) is 2.78. The molecule has 0 aliphatic heterocycles. The Labute approximate surface area is 736 Å². The molecule has 0 saturated heterocycles. The summed E-state index contributed by atoms with van der Waals surface area (Å²) >= 11 is 1.000. The minimum Gasteiger partial charge on any atom is 0 e. The third kappa shape index (κ3) is 23.8. The smallest absolute Gasteiger partial charge is 0 e. The molecule has 27 heteroatoms. The minimum atomic E-state index is -3.09. The largest absolute Gasteiger partial charge is 0 e. The molecule has 0 aromatic rings. The molecule has 624 valence electrons. The normalized spacial score (nSPS) is 43.5. The monoisotopic (exact) mass is 2600 g/mol. The molecule has 0 aromatic heterocycles. The molecule has 0 aromatic carbocycles. The quantitative estimate of drug-likeness (QED) is 0.0582. The first-order valence-electron chi connectivity index (χ1n) is 42.2. The van der Waals surface area contributed by atoms with E-state index in [1.165, 1.54) is 31.6 Å². The van der Waals surface area contributed by atoms with Crippen molar-refractivity contribution >= 4 is 47.2 Å². The molecule has 12 aliphatic carbocycles. The number of hydrogen-bond donors (Lipinski definition) is 6.